The number of carbonyl (C=O) groups excluding carboxylic acids is 2. The molecule has 1 aliphatic carbocycles. The van der Waals surface area contributed by atoms with Gasteiger partial charge in [0.05, 0.1) is 0 Å². The molecular formula is C23H19ClFNO3S. The Balaban J connectivity index is 1.35. The van der Waals surface area contributed by atoms with Crippen LogP contribution in [0.4, 0.5) is 4.39 Å². The molecule has 0 aromatic heterocycles. The van der Waals surface area contributed by atoms with E-state index in [1.165, 1.54) is 17.8 Å². The number of halogens is 2. The van der Waals surface area contributed by atoms with Gasteiger partial charge in [-0.15, -0.1) is 11.8 Å². The maximum absolute atomic E-state index is 14.1. The van der Waals surface area contributed by atoms with Gasteiger partial charge in [0.25, 0.3) is 0 Å². The Kier molecular flexibility index (Phi) is 4.96. The predicted octanol–water partition coefficient (Wildman–Crippen LogP) is 4.71. The van der Waals surface area contributed by atoms with Gasteiger partial charge >= 0.3 is 0 Å². The van der Waals surface area contributed by atoms with Gasteiger partial charge in [-0.2, -0.15) is 0 Å². The van der Waals surface area contributed by atoms with Crippen molar-refractivity contribution in [1.29, 1.82) is 0 Å². The number of ketones is 2. The molecule has 1 saturated heterocycles. The van der Waals surface area contributed by atoms with E-state index in [2.05, 4.69) is 4.90 Å². The maximum Gasteiger partial charge on any atom is 0.243 e. The molecule has 0 amide bonds. The fraction of sp³-hybridized carbons (Fsp3) is 0.304. The summed E-state index contributed by atoms with van der Waals surface area (Å²) < 4.78 is 20.6. The van der Waals surface area contributed by atoms with Crippen molar-refractivity contribution in [2.24, 2.45) is 0 Å². The highest BCUT2D eigenvalue weighted by Crippen LogP contribution is 2.47. The minimum atomic E-state index is -0.477. The first-order valence-corrected chi connectivity index (χ1v) is 11.2. The summed E-state index contributed by atoms with van der Waals surface area (Å²) in [6.45, 7) is 1.93. The summed E-state index contributed by atoms with van der Waals surface area (Å²) in [6, 6.07) is 11.9. The highest BCUT2D eigenvalue weighted by molar-refractivity contribution is 8.04. The smallest absolute Gasteiger partial charge is 0.243 e. The van der Waals surface area contributed by atoms with E-state index in [-0.39, 0.29) is 5.82 Å². The zero-order chi connectivity index (χ0) is 20.9. The third-order valence-corrected chi connectivity index (χ3v) is 7.73. The van der Waals surface area contributed by atoms with E-state index in [4.69, 9.17) is 16.3 Å². The quantitative estimate of drug-likeness (QED) is 0.629. The summed E-state index contributed by atoms with van der Waals surface area (Å²) in [5.74, 6) is -0.0642. The number of thioether (sulfide) groups is 1. The molecule has 0 saturated carbocycles. The molecule has 0 radical (unpaired) electrons. The SMILES string of the molecule is O=C1C(=O)c2ccccc2C2=C1SCC1(CCN(Cc3c(F)cccc3Cl)CC1)O2. The molecule has 5 rings (SSSR count). The van der Waals surface area contributed by atoms with Gasteiger partial charge in [0.2, 0.25) is 11.6 Å². The lowest BCUT2D eigenvalue weighted by Crippen LogP contribution is -2.49. The first kappa shape index (κ1) is 19.8. The van der Waals surface area contributed by atoms with E-state index in [0.29, 0.717) is 44.7 Å². The van der Waals surface area contributed by atoms with Gasteiger partial charge in [0.1, 0.15) is 22.1 Å². The van der Waals surface area contributed by atoms with E-state index in [1.807, 2.05) is 12.1 Å². The molecule has 2 aliphatic heterocycles. The Morgan fingerprint density at radius 3 is 2.50 bits per heavy atom. The number of fused-ring (bicyclic) bond motifs is 2. The summed E-state index contributed by atoms with van der Waals surface area (Å²) in [7, 11) is 0. The van der Waals surface area contributed by atoms with Crippen LogP contribution in [0.25, 0.3) is 5.76 Å². The Labute approximate surface area is 183 Å². The van der Waals surface area contributed by atoms with Crippen molar-refractivity contribution in [3.8, 4) is 0 Å². The van der Waals surface area contributed by atoms with Gasteiger partial charge in [0.15, 0.2) is 0 Å². The number of carbonyl (C=O) groups is 2. The van der Waals surface area contributed by atoms with E-state index in [0.717, 1.165) is 25.9 Å². The lowest BCUT2D eigenvalue weighted by Gasteiger charge is -2.45. The number of likely N-dealkylation sites (tertiary alicyclic amines) is 1. The third-order valence-electron chi connectivity index (χ3n) is 6.04. The highest BCUT2D eigenvalue weighted by atomic mass is 35.5. The normalized spacial score (nSPS) is 20.7. The van der Waals surface area contributed by atoms with E-state index >= 15 is 0 Å². The zero-order valence-corrected chi connectivity index (χ0v) is 17.7. The Morgan fingerprint density at radius 1 is 1.03 bits per heavy atom. The van der Waals surface area contributed by atoms with Gasteiger partial charge in [-0.3, -0.25) is 14.5 Å². The van der Waals surface area contributed by atoms with Gasteiger partial charge in [0, 0.05) is 59.9 Å². The van der Waals surface area contributed by atoms with Crippen molar-refractivity contribution in [3.63, 3.8) is 0 Å². The summed E-state index contributed by atoms with van der Waals surface area (Å²) in [4.78, 5) is 27.6. The fourth-order valence-corrected chi connectivity index (χ4v) is 5.77. The average Bonchev–Trinajstić information content (AvgIpc) is 2.76. The Hall–Kier alpha value is -2.15. The molecule has 2 aromatic carbocycles. The molecule has 0 unspecified atom stereocenters. The van der Waals surface area contributed by atoms with Crippen molar-refractivity contribution in [2.45, 2.75) is 25.0 Å². The minimum absolute atomic E-state index is 0.288. The fourth-order valence-electron chi connectivity index (χ4n) is 4.28. The molecular weight excluding hydrogens is 425 g/mol. The van der Waals surface area contributed by atoms with Crippen LogP contribution in [0.1, 0.15) is 34.3 Å². The van der Waals surface area contributed by atoms with Crippen molar-refractivity contribution in [1.82, 2.24) is 4.90 Å². The number of piperidine rings is 1. The van der Waals surface area contributed by atoms with E-state index < -0.39 is 17.2 Å². The topological polar surface area (TPSA) is 46.6 Å². The largest absolute Gasteiger partial charge is 0.484 e. The van der Waals surface area contributed by atoms with Crippen LogP contribution >= 0.6 is 23.4 Å². The Morgan fingerprint density at radius 2 is 1.77 bits per heavy atom. The average molecular weight is 444 g/mol. The number of hydrogen-bond acceptors (Lipinski definition) is 5. The van der Waals surface area contributed by atoms with Crippen LogP contribution < -0.4 is 0 Å². The summed E-state index contributed by atoms with van der Waals surface area (Å²) in [6.07, 6.45) is 1.51. The second-order valence-electron chi connectivity index (χ2n) is 7.91. The minimum Gasteiger partial charge on any atom is -0.484 e. The molecule has 30 heavy (non-hydrogen) atoms. The molecule has 4 nitrogen and oxygen atoms in total. The number of rotatable bonds is 2. The Bertz CT molecular complexity index is 1070. The third kappa shape index (κ3) is 3.27. The van der Waals surface area contributed by atoms with Crippen LogP contribution in [0, 0.1) is 5.82 Å². The lowest BCUT2D eigenvalue weighted by atomic mass is 9.90. The van der Waals surface area contributed by atoms with Crippen molar-refractivity contribution in [3.05, 3.63) is 74.9 Å². The second-order valence-corrected chi connectivity index (χ2v) is 9.30. The molecule has 0 N–H and O–H groups in total. The second kappa shape index (κ2) is 7.52. The van der Waals surface area contributed by atoms with Crippen molar-refractivity contribution < 1.29 is 18.7 Å². The van der Waals surface area contributed by atoms with Crippen molar-refractivity contribution >= 4 is 40.7 Å². The number of Topliss-reactive ketones (excluding diaryl/α,β-unsaturated/α-hetero) is 2. The first-order chi connectivity index (χ1) is 14.5. The summed E-state index contributed by atoms with van der Waals surface area (Å²) in [5, 5.41) is 0.441. The first-order valence-electron chi connectivity index (χ1n) is 9.87. The predicted molar refractivity (Wildman–Crippen MR) is 115 cm³/mol. The molecule has 2 aromatic rings. The molecule has 154 valence electrons. The number of hydrogen-bond donors (Lipinski definition) is 0. The molecule has 2 heterocycles. The maximum atomic E-state index is 14.1. The molecule has 1 fully saturated rings. The lowest BCUT2D eigenvalue weighted by molar-refractivity contribution is -0.111. The van der Waals surface area contributed by atoms with Crippen LogP contribution in [0.2, 0.25) is 5.02 Å². The van der Waals surface area contributed by atoms with Crippen LogP contribution in [-0.4, -0.2) is 40.9 Å². The molecule has 0 atom stereocenters. The molecule has 0 bridgehead atoms. The van der Waals surface area contributed by atoms with Gasteiger partial charge in [-0.25, -0.2) is 4.39 Å². The number of nitrogens with zero attached hydrogens (tertiary/aromatic N) is 1. The number of benzene rings is 2. The number of allylic oxidation sites excluding steroid dienone is 1. The summed E-state index contributed by atoms with van der Waals surface area (Å²) in [5.41, 5.74) is 1.23. The number of ether oxygens (including phenoxy) is 1. The van der Waals surface area contributed by atoms with Crippen LogP contribution in [0.5, 0.6) is 0 Å². The highest BCUT2D eigenvalue weighted by Gasteiger charge is 2.45. The van der Waals surface area contributed by atoms with Crippen LogP contribution in [-0.2, 0) is 16.1 Å². The van der Waals surface area contributed by atoms with Gasteiger partial charge in [-0.05, 0) is 12.1 Å². The van der Waals surface area contributed by atoms with Crippen molar-refractivity contribution in [2.75, 3.05) is 18.8 Å². The zero-order valence-electron chi connectivity index (χ0n) is 16.1. The molecule has 3 aliphatic rings. The van der Waals surface area contributed by atoms with Crippen LogP contribution in [0.3, 0.4) is 0 Å². The standard InChI is InChI=1S/C23H19ClFNO3S/c24-17-6-3-7-18(25)16(17)12-26-10-8-23(9-11-26)13-30-22-20(28)19(27)14-4-1-2-5-15(14)21(22)29-23/h1-7H,8-13H2. The monoisotopic (exact) mass is 443 g/mol. The van der Waals surface area contributed by atoms with E-state index in [9.17, 15) is 14.0 Å². The van der Waals surface area contributed by atoms with Gasteiger partial charge in [-0.1, -0.05) is 41.9 Å². The van der Waals surface area contributed by atoms with E-state index in [1.54, 1.807) is 24.3 Å². The molecule has 1 spiro atoms. The van der Waals surface area contributed by atoms with Crippen LogP contribution in [0.15, 0.2) is 47.4 Å². The van der Waals surface area contributed by atoms with Gasteiger partial charge < -0.3 is 4.74 Å². The molecule has 7 heteroatoms. The summed E-state index contributed by atoms with van der Waals surface area (Å²) >= 11 is 7.60.